The van der Waals surface area contributed by atoms with Gasteiger partial charge in [-0.2, -0.15) is 0 Å². The predicted octanol–water partition coefficient (Wildman–Crippen LogP) is 2.57. The van der Waals surface area contributed by atoms with Gasteiger partial charge in [-0.3, -0.25) is 4.79 Å². The Hall–Kier alpha value is -2.28. The number of carbonyl (C=O) groups is 1. The zero-order valence-corrected chi connectivity index (χ0v) is 15.1. The van der Waals surface area contributed by atoms with E-state index in [-0.39, 0.29) is 12.2 Å². The number of ketones is 1. The Morgan fingerprint density at radius 2 is 1.96 bits per heavy atom. The van der Waals surface area contributed by atoms with Crippen LogP contribution in [0.25, 0.3) is 0 Å². The summed E-state index contributed by atoms with van der Waals surface area (Å²) in [5.74, 6) is -0.0935. The van der Waals surface area contributed by atoms with Gasteiger partial charge in [-0.1, -0.05) is 18.2 Å². The molecule has 1 saturated heterocycles. The van der Waals surface area contributed by atoms with E-state index in [2.05, 4.69) is 0 Å². The first-order valence-electron chi connectivity index (χ1n) is 9.00. The summed E-state index contributed by atoms with van der Waals surface area (Å²) in [6, 6.07) is 12.1. The molecule has 2 aromatic rings. The third kappa shape index (κ3) is 4.53. The van der Waals surface area contributed by atoms with Crippen LogP contribution in [0.15, 0.2) is 42.5 Å². The van der Waals surface area contributed by atoms with E-state index in [4.69, 9.17) is 9.47 Å². The molecule has 0 bridgehead atoms. The number of benzene rings is 2. The average Bonchev–Trinajstić information content (AvgIpc) is 2.67. The SMILES string of the molecule is CCOc1ccc(Cc2cc([C@H]3CC(O)C(=O)[C@@H](CO)O3)ccc2F)cc1. The summed E-state index contributed by atoms with van der Waals surface area (Å²) in [6.07, 6.45) is -2.35. The van der Waals surface area contributed by atoms with Crippen LogP contribution in [-0.4, -0.2) is 41.4 Å². The summed E-state index contributed by atoms with van der Waals surface area (Å²) in [5.41, 5.74) is 2.09. The van der Waals surface area contributed by atoms with E-state index >= 15 is 0 Å². The van der Waals surface area contributed by atoms with Crippen molar-refractivity contribution in [2.75, 3.05) is 13.2 Å². The van der Waals surface area contributed by atoms with Gasteiger partial charge in [0.2, 0.25) is 0 Å². The number of ether oxygens (including phenoxy) is 2. The molecule has 0 spiro atoms. The van der Waals surface area contributed by atoms with Crippen LogP contribution < -0.4 is 4.74 Å². The van der Waals surface area contributed by atoms with E-state index in [9.17, 15) is 19.4 Å². The van der Waals surface area contributed by atoms with Gasteiger partial charge in [0.1, 0.15) is 23.8 Å². The standard InChI is InChI=1S/C21H23FO5/c1-2-26-16-6-3-13(4-7-16)9-15-10-14(5-8-17(15)22)19-11-18(24)21(25)20(12-23)27-19/h3-8,10,18-20,23-24H,2,9,11-12H2,1H3/t18?,19-,20-/m1/s1. The Kier molecular flexibility index (Phi) is 6.21. The molecule has 0 aliphatic carbocycles. The molecule has 1 aliphatic heterocycles. The maximum Gasteiger partial charge on any atom is 0.192 e. The molecule has 2 aromatic carbocycles. The van der Waals surface area contributed by atoms with Crippen LogP contribution in [0.4, 0.5) is 4.39 Å². The number of aliphatic hydroxyl groups excluding tert-OH is 2. The first-order chi connectivity index (χ1) is 13.0. The lowest BCUT2D eigenvalue weighted by Crippen LogP contribution is -2.43. The topological polar surface area (TPSA) is 76.0 Å². The second kappa shape index (κ2) is 8.61. The van der Waals surface area contributed by atoms with Crippen LogP contribution in [0.5, 0.6) is 5.75 Å². The van der Waals surface area contributed by atoms with E-state index in [1.807, 2.05) is 31.2 Å². The fraction of sp³-hybridized carbons (Fsp3) is 0.381. The third-order valence-electron chi connectivity index (χ3n) is 4.65. The molecule has 1 aliphatic rings. The zero-order valence-electron chi connectivity index (χ0n) is 15.1. The molecule has 0 saturated carbocycles. The molecule has 0 radical (unpaired) electrons. The quantitative estimate of drug-likeness (QED) is 0.813. The molecule has 3 rings (SSSR count). The van der Waals surface area contributed by atoms with E-state index in [1.165, 1.54) is 6.07 Å². The van der Waals surface area contributed by atoms with Crippen LogP contribution in [0, 0.1) is 5.82 Å². The van der Waals surface area contributed by atoms with Crippen molar-refractivity contribution in [3.8, 4) is 5.75 Å². The van der Waals surface area contributed by atoms with Crippen molar-refractivity contribution < 1.29 is 28.9 Å². The summed E-state index contributed by atoms with van der Waals surface area (Å²) in [7, 11) is 0. The van der Waals surface area contributed by atoms with Crippen molar-refractivity contribution >= 4 is 5.78 Å². The number of halogens is 1. The normalized spacial score (nSPS) is 22.7. The number of rotatable bonds is 6. The van der Waals surface area contributed by atoms with Gasteiger partial charge < -0.3 is 19.7 Å². The van der Waals surface area contributed by atoms with Crippen LogP contribution in [0.3, 0.4) is 0 Å². The molecule has 0 amide bonds. The summed E-state index contributed by atoms with van der Waals surface area (Å²) in [5, 5.41) is 19.2. The molecule has 27 heavy (non-hydrogen) atoms. The molecular weight excluding hydrogens is 351 g/mol. The van der Waals surface area contributed by atoms with E-state index in [0.29, 0.717) is 24.2 Å². The fourth-order valence-corrected chi connectivity index (χ4v) is 3.22. The summed E-state index contributed by atoms with van der Waals surface area (Å²) in [4.78, 5) is 11.8. The number of hydrogen-bond donors (Lipinski definition) is 2. The lowest BCUT2D eigenvalue weighted by molar-refractivity contribution is -0.161. The van der Waals surface area contributed by atoms with Crippen molar-refractivity contribution in [1.29, 1.82) is 0 Å². The summed E-state index contributed by atoms with van der Waals surface area (Å²) in [6.45, 7) is 2.00. The Balaban J connectivity index is 1.79. The van der Waals surface area contributed by atoms with Crippen molar-refractivity contribution in [3.63, 3.8) is 0 Å². The molecule has 144 valence electrons. The second-order valence-corrected chi connectivity index (χ2v) is 6.55. The van der Waals surface area contributed by atoms with Gasteiger partial charge in [-0.25, -0.2) is 4.39 Å². The highest BCUT2D eigenvalue weighted by Gasteiger charge is 2.36. The highest BCUT2D eigenvalue weighted by molar-refractivity contribution is 5.88. The maximum absolute atomic E-state index is 14.3. The molecule has 2 N–H and O–H groups in total. The van der Waals surface area contributed by atoms with Crippen LogP contribution in [-0.2, 0) is 16.0 Å². The van der Waals surface area contributed by atoms with Crippen molar-refractivity contribution in [2.24, 2.45) is 0 Å². The van der Waals surface area contributed by atoms with E-state index in [1.54, 1.807) is 12.1 Å². The Bertz CT molecular complexity index is 790. The van der Waals surface area contributed by atoms with Gasteiger partial charge in [0, 0.05) is 12.8 Å². The largest absolute Gasteiger partial charge is 0.494 e. The molecule has 0 aromatic heterocycles. The summed E-state index contributed by atoms with van der Waals surface area (Å²) < 4.78 is 25.3. The van der Waals surface area contributed by atoms with Gasteiger partial charge in [0.05, 0.1) is 19.3 Å². The van der Waals surface area contributed by atoms with Gasteiger partial charge in [-0.15, -0.1) is 0 Å². The molecule has 3 atom stereocenters. The lowest BCUT2D eigenvalue weighted by Gasteiger charge is -2.31. The maximum atomic E-state index is 14.3. The first-order valence-corrected chi connectivity index (χ1v) is 9.00. The Morgan fingerprint density at radius 1 is 1.22 bits per heavy atom. The number of hydrogen-bond acceptors (Lipinski definition) is 5. The highest BCUT2D eigenvalue weighted by atomic mass is 19.1. The van der Waals surface area contributed by atoms with Gasteiger partial charge in [0.15, 0.2) is 5.78 Å². The zero-order chi connectivity index (χ0) is 19.4. The number of aliphatic hydroxyl groups is 2. The molecule has 1 heterocycles. The minimum Gasteiger partial charge on any atom is -0.494 e. The Labute approximate surface area is 157 Å². The molecule has 6 heteroatoms. The monoisotopic (exact) mass is 374 g/mol. The van der Waals surface area contributed by atoms with Crippen LogP contribution in [0.2, 0.25) is 0 Å². The fourth-order valence-electron chi connectivity index (χ4n) is 3.22. The van der Waals surface area contributed by atoms with Crippen molar-refractivity contribution in [1.82, 2.24) is 0 Å². The minimum absolute atomic E-state index is 0.0868. The van der Waals surface area contributed by atoms with Crippen LogP contribution >= 0.6 is 0 Å². The van der Waals surface area contributed by atoms with E-state index < -0.39 is 30.7 Å². The van der Waals surface area contributed by atoms with E-state index in [0.717, 1.165) is 11.3 Å². The molecule has 1 fully saturated rings. The number of carbonyl (C=O) groups excluding carboxylic acids is 1. The van der Waals surface area contributed by atoms with Gasteiger partial charge in [-0.05, 0) is 47.9 Å². The average molecular weight is 374 g/mol. The summed E-state index contributed by atoms with van der Waals surface area (Å²) >= 11 is 0. The second-order valence-electron chi connectivity index (χ2n) is 6.55. The predicted molar refractivity (Wildman–Crippen MR) is 97.1 cm³/mol. The third-order valence-corrected chi connectivity index (χ3v) is 4.65. The Morgan fingerprint density at radius 3 is 2.63 bits per heavy atom. The van der Waals surface area contributed by atoms with Crippen molar-refractivity contribution in [3.05, 3.63) is 65.0 Å². The molecule has 1 unspecified atom stereocenters. The van der Waals surface area contributed by atoms with Crippen LogP contribution in [0.1, 0.15) is 36.1 Å². The minimum atomic E-state index is -1.19. The van der Waals surface area contributed by atoms with Gasteiger partial charge >= 0.3 is 0 Å². The smallest absolute Gasteiger partial charge is 0.192 e. The van der Waals surface area contributed by atoms with Crippen molar-refractivity contribution in [2.45, 2.75) is 38.1 Å². The molecule has 5 nitrogen and oxygen atoms in total. The highest BCUT2D eigenvalue weighted by Crippen LogP contribution is 2.31. The number of Topliss-reactive ketones (excluding diaryl/α,β-unsaturated/α-hetero) is 1. The van der Waals surface area contributed by atoms with Gasteiger partial charge in [0.25, 0.3) is 0 Å². The first kappa shape index (κ1) is 19.5. The lowest BCUT2D eigenvalue weighted by atomic mass is 9.93. The molecular formula is C21H23FO5.